The van der Waals surface area contributed by atoms with E-state index in [1.807, 2.05) is 6.07 Å². The van der Waals surface area contributed by atoms with Crippen molar-refractivity contribution in [3.05, 3.63) is 47.9 Å². The number of allylic oxidation sites excluding steroid dienone is 1. The van der Waals surface area contributed by atoms with Gasteiger partial charge in [0, 0.05) is 5.56 Å². The van der Waals surface area contributed by atoms with E-state index in [0.717, 1.165) is 6.26 Å². The molecule has 1 aromatic carbocycles. The lowest BCUT2D eigenvalue weighted by Crippen LogP contribution is -2.10. The van der Waals surface area contributed by atoms with Crippen LogP contribution in [-0.2, 0) is 9.47 Å². The molecule has 0 saturated heterocycles. The molecule has 0 fully saturated rings. The lowest BCUT2D eigenvalue weighted by atomic mass is 10.1. The highest BCUT2D eigenvalue weighted by Gasteiger charge is 2.23. The maximum absolute atomic E-state index is 11.6. The molecule has 0 amide bonds. The molecule has 1 aromatic rings. The second-order valence-electron chi connectivity index (χ2n) is 2.74. The number of carbonyl (C=O) groups is 1. The molecular formula is C10H8O4. The molecule has 0 bridgehead atoms. The highest BCUT2D eigenvalue weighted by Crippen LogP contribution is 2.16. The molecule has 1 atom stereocenters. The molecule has 4 heteroatoms. The van der Waals surface area contributed by atoms with Crippen molar-refractivity contribution in [1.29, 1.82) is 0 Å². The van der Waals surface area contributed by atoms with Crippen LogP contribution in [0.15, 0.2) is 42.4 Å². The van der Waals surface area contributed by atoms with E-state index in [4.69, 9.17) is 9.84 Å². The van der Waals surface area contributed by atoms with Gasteiger partial charge >= 0.3 is 6.48 Å². The van der Waals surface area contributed by atoms with Gasteiger partial charge in [0.05, 0.1) is 0 Å². The van der Waals surface area contributed by atoms with Crippen molar-refractivity contribution in [3.63, 3.8) is 0 Å². The van der Waals surface area contributed by atoms with E-state index >= 15 is 0 Å². The van der Waals surface area contributed by atoms with Crippen LogP contribution >= 0.6 is 0 Å². The molecule has 0 aromatic heterocycles. The van der Waals surface area contributed by atoms with Crippen LogP contribution < -0.4 is 0 Å². The number of ketones is 1. The zero-order chi connectivity index (χ0) is 9.97. The molecule has 14 heavy (non-hydrogen) atoms. The molecule has 1 heterocycles. The predicted molar refractivity (Wildman–Crippen MR) is 47.0 cm³/mol. The fourth-order valence-corrected chi connectivity index (χ4v) is 1.12. The number of hydrogen-bond donors (Lipinski definition) is 1. The maximum Gasteiger partial charge on any atom is 0.358 e. The number of carbonyl (C=O) groups excluding carboxylic acids is 1. The normalized spacial score (nSPS) is 19.5. The number of Topliss-reactive ketones (excluding diaryl/α,β-unsaturated/α-hetero) is 1. The van der Waals surface area contributed by atoms with Crippen LogP contribution in [0.2, 0.25) is 0 Å². The Morgan fingerprint density at radius 1 is 1.29 bits per heavy atom. The predicted octanol–water partition coefficient (Wildman–Crippen LogP) is 1.03. The van der Waals surface area contributed by atoms with Crippen LogP contribution in [0.25, 0.3) is 0 Å². The number of ether oxygens (including phenoxy) is 2. The number of aliphatic hydroxyl groups is 1. The first-order chi connectivity index (χ1) is 6.77. The highest BCUT2D eigenvalue weighted by atomic mass is 16.8. The number of aliphatic hydroxyl groups excluding tert-OH is 1. The average molecular weight is 192 g/mol. The molecule has 1 N–H and O–H groups in total. The highest BCUT2D eigenvalue weighted by molar-refractivity contribution is 6.07. The molecule has 0 spiro atoms. The van der Waals surface area contributed by atoms with Crippen molar-refractivity contribution >= 4 is 5.78 Å². The van der Waals surface area contributed by atoms with Crippen LogP contribution in [-0.4, -0.2) is 17.4 Å². The Labute approximate surface area is 80.4 Å². The molecule has 0 radical (unpaired) electrons. The van der Waals surface area contributed by atoms with Gasteiger partial charge in [-0.2, -0.15) is 0 Å². The monoisotopic (exact) mass is 192 g/mol. The van der Waals surface area contributed by atoms with Crippen molar-refractivity contribution in [2.24, 2.45) is 0 Å². The topological polar surface area (TPSA) is 55.8 Å². The van der Waals surface area contributed by atoms with Crippen molar-refractivity contribution in [2.45, 2.75) is 6.48 Å². The Morgan fingerprint density at radius 2 is 2.00 bits per heavy atom. The largest absolute Gasteiger partial charge is 0.436 e. The molecule has 1 unspecified atom stereocenters. The first-order valence-corrected chi connectivity index (χ1v) is 4.07. The van der Waals surface area contributed by atoms with Gasteiger partial charge in [-0.1, -0.05) is 30.3 Å². The fraction of sp³-hybridized carbons (Fsp3) is 0.100. The Morgan fingerprint density at radius 3 is 2.57 bits per heavy atom. The van der Waals surface area contributed by atoms with Crippen molar-refractivity contribution in [2.75, 3.05) is 0 Å². The third-order valence-corrected chi connectivity index (χ3v) is 1.78. The van der Waals surface area contributed by atoms with Gasteiger partial charge in [0.1, 0.15) is 6.26 Å². The van der Waals surface area contributed by atoms with Crippen LogP contribution in [0.3, 0.4) is 0 Å². The Hall–Kier alpha value is -1.81. The molecule has 0 aliphatic carbocycles. The summed E-state index contributed by atoms with van der Waals surface area (Å²) in [5.41, 5.74) is 0.497. The van der Waals surface area contributed by atoms with E-state index in [-0.39, 0.29) is 11.5 Å². The molecular weight excluding hydrogens is 184 g/mol. The van der Waals surface area contributed by atoms with Gasteiger partial charge in [-0.25, -0.2) is 0 Å². The smallest absolute Gasteiger partial charge is 0.358 e. The zero-order valence-corrected chi connectivity index (χ0v) is 7.21. The summed E-state index contributed by atoms with van der Waals surface area (Å²) in [5, 5.41) is 8.85. The van der Waals surface area contributed by atoms with Crippen LogP contribution in [0.4, 0.5) is 0 Å². The van der Waals surface area contributed by atoms with Crippen molar-refractivity contribution in [3.8, 4) is 0 Å². The summed E-state index contributed by atoms with van der Waals surface area (Å²) in [7, 11) is 0. The molecule has 1 aliphatic rings. The molecule has 72 valence electrons. The van der Waals surface area contributed by atoms with Gasteiger partial charge in [0.15, 0.2) is 0 Å². The minimum absolute atomic E-state index is 0.0173. The van der Waals surface area contributed by atoms with Gasteiger partial charge in [0.25, 0.3) is 0 Å². The van der Waals surface area contributed by atoms with Gasteiger partial charge in [-0.05, 0) is 0 Å². The number of benzene rings is 1. The second kappa shape index (κ2) is 3.51. The summed E-state index contributed by atoms with van der Waals surface area (Å²) in [6.07, 6.45) is 1.11. The first-order valence-electron chi connectivity index (χ1n) is 4.07. The van der Waals surface area contributed by atoms with Gasteiger partial charge in [-0.3, -0.25) is 4.79 Å². The molecule has 0 saturated carbocycles. The first kappa shape index (κ1) is 8.77. The third-order valence-electron chi connectivity index (χ3n) is 1.78. The van der Waals surface area contributed by atoms with Gasteiger partial charge in [0.2, 0.25) is 11.5 Å². The van der Waals surface area contributed by atoms with E-state index in [9.17, 15) is 4.79 Å². The average Bonchev–Trinajstić information content (AvgIpc) is 2.65. The molecule has 4 nitrogen and oxygen atoms in total. The van der Waals surface area contributed by atoms with Gasteiger partial charge in [-0.15, -0.1) is 0 Å². The van der Waals surface area contributed by atoms with Crippen LogP contribution in [0, 0.1) is 0 Å². The summed E-state index contributed by atoms with van der Waals surface area (Å²) < 4.78 is 9.28. The minimum atomic E-state index is -1.36. The van der Waals surface area contributed by atoms with E-state index in [1.165, 1.54) is 0 Å². The number of rotatable bonds is 2. The molecule has 2 rings (SSSR count). The van der Waals surface area contributed by atoms with E-state index < -0.39 is 6.48 Å². The van der Waals surface area contributed by atoms with Crippen molar-refractivity contribution in [1.82, 2.24) is 0 Å². The quantitative estimate of drug-likeness (QED) is 0.711. The zero-order valence-electron chi connectivity index (χ0n) is 7.21. The fourth-order valence-electron chi connectivity index (χ4n) is 1.12. The summed E-state index contributed by atoms with van der Waals surface area (Å²) in [4.78, 5) is 11.6. The summed E-state index contributed by atoms with van der Waals surface area (Å²) in [5.74, 6) is -0.286. The minimum Gasteiger partial charge on any atom is -0.436 e. The molecule has 1 aliphatic heterocycles. The van der Waals surface area contributed by atoms with E-state index in [1.54, 1.807) is 24.3 Å². The number of hydrogen-bond acceptors (Lipinski definition) is 4. The van der Waals surface area contributed by atoms with Crippen LogP contribution in [0.1, 0.15) is 10.4 Å². The van der Waals surface area contributed by atoms with E-state index in [0.29, 0.717) is 5.56 Å². The lowest BCUT2D eigenvalue weighted by Gasteiger charge is -2.03. The lowest BCUT2D eigenvalue weighted by molar-refractivity contribution is -0.186. The SMILES string of the molecule is O=C(C1=COC(O)O1)c1ccccc1. The third kappa shape index (κ3) is 1.60. The second-order valence-corrected chi connectivity index (χ2v) is 2.74. The Kier molecular flexibility index (Phi) is 2.20. The van der Waals surface area contributed by atoms with Crippen molar-refractivity contribution < 1.29 is 19.4 Å². The maximum atomic E-state index is 11.6. The van der Waals surface area contributed by atoms with Crippen LogP contribution in [0.5, 0.6) is 0 Å². The summed E-state index contributed by atoms with van der Waals surface area (Å²) in [6, 6.07) is 8.64. The summed E-state index contributed by atoms with van der Waals surface area (Å²) in [6.45, 7) is -1.36. The van der Waals surface area contributed by atoms with Gasteiger partial charge < -0.3 is 14.6 Å². The van der Waals surface area contributed by atoms with E-state index in [2.05, 4.69) is 4.74 Å². The summed E-state index contributed by atoms with van der Waals surface area (Å²) >= 11 is 0. The Bertz CT molecular complexity index is 369. The Balaban J connectivity index is 2.18. The standard InChI is InChI=1S/C10H8O4/c11-9(7-4-2-1-3-5-7)8-6-13-10(12)14-8/h1-6,10,12H.